The third kappa shape index (κ3) is 6.36. The monoisotopic (exact) mass is 378 g/mol. The maximum atomic E-state index is 11.8. The van der Waals surface area contributed by atoms with Crippen LogP contribution in [0, 0.1) is 10.1 Å². The predicted octanol–water partition coefficient (Wildman–Crippen LogP) is 2.49. The van der Waals surface area contributed by atoms with E-state index in [-0.39, 0.29) is 23.1 Å². The van der Waals surface area contributed by atoms with Crippen LogP contribution in [-0.2, 0) is 17.8 Å². The molecule has 0 heterocycles. The number of hydrazine groups is 1. The van der Waals surface area contributed by atoms with Gasteiger partial charge in [0.25, 0.3) is 5.69 Å². The average Bonchev–Trinajstić information content (AvgIpc) is 2.60. The van der Waals surface area contributed by atoms with Gasteiger partial charge in [0.15, 0.2) is 5.11 Å². The lowest BCUT2D eigenvalue weighted by molar-refractivity contribution is -0.384. The van der Waals surface area contributed by atoms with Gasteiger partial charge in [-0.1, -0.05) is 35.9 Å². The van der Waals surface area contributed by atoms with Crippen molar-refractivity contribution in [1.82, 2.24) is 16.2 Å². The van der Waals surface area contributed by atoms with Gasteiger partial charge >= 0.3 is 0 Å². The van der Waals surface area contributed by atoms with Gasteiger partial charge in [0.05, 0.1) is 11.3 Å². The van der Waals surface area contributed by atoms with Crippen molar-refractivity contribution in [2.75, 3.05) is 0 Å². The Hall–Kier alpha value is -2.71. The zero-order chi connectivity index (χ0) is 18.2. The number of nitro benzene ring substituents is 1. The fraction of sp³-hybridized carbons (Fsp3) is 0.125. The number of carbonyl (C=O) groups is 1. The topological polar surface area (TPSA) is 96.3 Å². The molecular formula is C16H15ClN4O3S. The van der Waals surface area contributed by atoms with E-state index >= 15 is 0 Å². The normalized spacial score (nSPS) is 9.96. The molecule has 0 aromatic heterocycles. The van der Waals surface area contributed by atoms with Gasteiger partial charge < -0.3 is 5.32 Å². The first-order valence-electron chi connectivity index (χ1n) is 7.24. The molecule has 0 fully saturated rings. The quantitative estimate of drug-likeness (QED) is 0.420. The molecule has 0 aliphatic carbocycles. The zero-order valence-electron chi connectivity index (χ0n) is 13.0. The van der Waals surface area contributed by atoms with Crippen LogP contribution in [0.3, 0.4) is 0 Å². The summed E-state index contributed by atoms with van der Waals surface area (Å²) in [5.74, 6) is -0.315. The standard InChI is InChI=1S/C16H15ClN4O3S/c17-13-5-1-12(2-6-13)10-18-16(25)20-19-15(22)9-11-3-7-14(8-4-11)21(23)24/h1-8H,9-10H2,(H,19,22)(H2,18,20,25). The number of nitrogens with zero attached hydrogens (tertiary/aromatic N) is 1. The molecule has 2 rings (SSSR count). The molecule has 130 valence electrons. The minimum Gasteiger partial charge on any atom is -0.357 e. The van der Waals surface area contributed by atoms with Gasteiger partial charge in [0.1, 0.15) is 0 Å². The molecule has 2 aromatic rings. The number of halogens is 1. The molecule has 0 spiro atoms. The van der Waals surface area contributed by atoms with Gasteiger partial charge in [0, 0.05) is 23.7 Å². The average molecular weight is 379 g/mol. The Morgan fingerprint density at radius 2 is 1.64 bits per heavy atom. The summed E-state index contributed by atoms with van der Waals surface area (Å²) in [6, 6.07) is 13.1. The van der Waals surface area contributed by atoms with Crippen LogP contribution < -0.4 is 16.2 Å². The van der Waals surface area contributed by atoms with Crippen LogP contribution in [0.5, 0.6) is 0 Å². The highest BCUT2D eigenvalue weighted by molar-refractivity contribution is 7.80. The first kappa shape index (κ1) is 18.6. The van der Waals surface area contributed by atoms with E-state index in [2.05, 4.69) is 16.2 Å². The molecular weight excluding hydrogens is 364 g/mol. The Labute approximate surface area is 154 Å². The van der Waals surface area contributed by atoms with Gasteiger partial charge in [-0.2, -0.15) is 0 Å². The molecule has 0 aliphatic heterocycles. The summed E-state index contributed by atoms with van der Waals surface area (Å²) in [4.78, 5) is 21.9. The van der Waals surface area contributed by atoms with E-state index in [0.29, 0.717) is 17.1 Å². The van der Waals surface area contributed by atoms with E-state index < -0.39 is 4.92 Å². The number of hydrogen-bond acceptors (Lipinski definition) is 4. The number of benzene rings is 2. The molecule has 7 nitrogen and oxygen atoms in total. The second kappa shape index (κ2) is 8.95. The van der Waals surface area contributed by atoms with Crippen molar-refractivity contribution in [3.8, 4) is 0 Å². The number of rotatable bonds is 5. The lowest BCUT2D eigenvalue weighted by Gasteiger charge is -2.11. The van der Waals surface area contributed by atoms with Crippen molar-refractivity contribution in [3.05, 3.63) is 74.8 Å². The number of non-ortho nitro benzene ring substituents is 1. The van der Waals surface area contributed by atoms with E-state index in [4.69, 9.17) is 23.8 Å². The second-order valence-corrected chi connectivity index (χ2v) is 5.93. The first-order valence-corrected chi connectivity index (χ1v) is 8.03. The summed E-state index contributed by atoms with van der Waals surface area (Å²) >= 11 is 10.9. The van der Waals surface area contributed by atoms with E-state index in [1.165, 1.54) is 24.3 Å². The lowest BCUT2D eigenvalue weighted by Crippen LogP contribution is -2.47. The Bertz CT molecular complexity index is 766. The molecule has 2 aromatic carbocycles. The van der Waals surface area contributed by atoms with Crippen LogP contribution in [0.25, 0.3) is 0 Å². The van der Waals surface area contributed by atoms with Crippen LogP contribution in [0.4, 0.5) is 5.69 Å². The molecule has 3 N–H and O–H groups in total. The van der Waals surface area contributed by atoms with E-state index in [1.807, 2.05) is 12.1 Å². The maximum absolute atomic E-state index is 11.8. The molecule has 0 aliphatic rings. The third-order valence-electron chi connectivity index (χ3n) is 3.19. The fourth-order valence-corrected chi connectivity index (χ4v) is 2.17. The fourth-order valence-electron chi connectivity index (χ4n) is 1.92. The molecule has 0 radical (unpaired) electrons. The van der Waals surface area contributed by atoms with Crippen LogP contribution in [0.2, 0.25) is 5.02 Å². The highest BCUT2D eigenvalue weighted by Gasteiger charge is 2.07. The van der Waals surface area contributed by atoms with Gasteiger partial charge in [-0.05, 0) is 35.5 Å². The lowest BCUT2D eigenvalue weighted by atomic mass is 10.1. The second-order valence-electron chi connectivity index (χ2n) is 5.08. The van der Waals surface area contributed by atoms with Crippen LogP contribution in [-0.4, -0.2) is 15.9 Å². The molecule has 0 saturated heterocycles. The van der Waals surface area contributed by atoms with E-state index in [1.54, 1.807) is 12.1 Å². The van der Waals surface area contributed by atoms with Crippen LogP contribution >= 0.6 is 23.8 Å². The van der Waals surface area contributed by atoms with Gasteiger partial charge in [-0.3, -0.25) is 25.8 Å². The highest BCUT2D eigenvalue weighted by atomic mass is 35.5. The maximum Gasteiger partial charge on any atom is 0.269 e. The molecule has 9 heteroatoms. The number of thiocarbonyl (C=S) groups is 1. The van der Waals surface area contributed by atoms with Gasteiger partial charge in [0.2, 0.25) is 5.91 Å². The SMILES string of the molecule is O=C(Cc1ccc([N+](=O)[O-])cc1)NNC(=S)NCc1ccc(Cl)cc1. The van der Waals surface area contributed by atoms with Crippen molar-refractivity contribution in [2.24, 2.45) is 0 Å². The molecule has 25 heavy (non-hydrogen) atoms. The minimum absolute atomic E-state index is 0.0186. The summed E-state index contributed by atoms with van der Waals surface area (Å²) in [5, 5.41) is 14.5. The summed E-state index contributed by atoms with van der Waals surface area (Å²) in [5.41, 5.74) is 6.70. The smallest absolute Gasteiger partial charge is 0.269 e. The van der Waals surface area contributed by atoms with Crippen molar-refractivity contribution < 1.29 is 9.72 Å². The van der Waals surface area contributed by atoms with Crippen molar-refractivity contribution >= 4 is 40.5 Å². The molecule has 0 bridgehead atoms. The Balaban J connectivity index is 1.72. The van der Waals surface area contributed by atoms with E-state index in [0.717, 1.165) is 5.56 Å². The van der Waals surface area contributed by atoms with Crippen molar-refractivity contribution in [3.63, 3.8) is 0 Å². The Morgan fingerprint density at radius 1 is 1.04 bits per heavy atom. The summed E-state index contributed by atoms with van der Waals surface area (Å²) in [7, 11) is 0. The van der Waals surface area contributed by atoms with Crippen molar-refractivity contribution in [1.29, 1.82) is 0 Å². The van der Waals surface area contributed by atoms with E-state index in [9.17, 15) is 14.9 Å². The highest BCUT2D eigenvalue weighted by Crippen LogP contribution is 2.12. The Morgan fingerprint density at radius 3 is 2.24 bits per heavy atom. The first-order chi connectivity index (χ1) is 11.9. The van der Waals surface area contributed by atoms with Gasteiger partial charge in [-0.15, -0.1) is 0 Å². The number of hydrogen-bond donors (Lipinski definition) is 3. The molecule has 0 saturated carbocycles. The largest absolute Gasteiger partial charge is 0.357 e. The number of amides is 1. The Kier molecular flexibility index (Phi) is 6.67. The van der Waals surface area contributed by atoms with Crippen LogP contribution in [0.15, 0.2) is 48.5 Å². The molecule has 0 unspecified atom stereocenters. The molecule has 1 amide bonds. The third-order valence-corrected chi connectivity index (χ3v) is 3.69. The van der Waals surface area contributed by atoms with Crippen molar-refractivity contribution in [2.45, 2.75) is 13.0 Å². The number of nitrogens with one attached hydrogen (secondary N) is 3. The predicted molar refractivity (Wildman–Crippen MR) is 99.0 cm³/mol. The summed E-state index contributed by atoms with van der Waals surface area (Å²) in [6.07, 6.45) is 0.0742. The summed E-state index contributed by atoms with van der Waals surface area (Å²) < 4.78 is 0. The van der Waals surface area contributed by atoms with Gasteiger partial charge in [-0.25, -0.2) is 0 Å². The zero-order valence-corrected chi connectivity index (χ0v) is 14.6. The minimum atomic E-state index is -0.490. The van der Waals surface area contributed by atoms with Crippen LogP contribution in [0.1, 0.15) is 11.1 Å². The number of carbonyl (C=O) groups excluding carboxylic acids is 1. The molecule has 0 atom stereocenters. The number of nitro groups is 1. The summed E-state index contributed by atoms with van der Waals surface area (Å²) in [6.45, 7) is 0.487.